The molecule has 0 spiro atoms. The number of benzene rings is 6. The van der Waals surface area contributed by atoms with Crippen molar-refractivity contribution in [2.24, 2.45) is 0 Å². The fourth-order valence-corrected chi connectivity index (χ4v) is 6.16. The van der Waals surface area contributed by atoms with E-state index in [1.165, 1.54) is 70.9 Å². The Labute approximate surface area is 188 Å². The molecule has 0 fully saturated rings. The molecular formula is C32H24. The third-order valence-electron chi connectivity index (χ3n) is 7.75. The van der Waals surface area contributed by atoms with Crippen LogP contribution in [0.25, 0.3) is 54.2 Å². The van der Waals surface area contributed by atoms with Crippen molar-refractivity contribution in [1.82, 2.24) is 0 Å². The predicted octanol–water partition coefficient (Wildman–Crippen LogP) is 8.91. The van der Waals surface area contributed by atoms with Crippen molar-refractivity contribution >= 4 is 43.1 Å². The van der Waals surface area contributed by atoms with E-state index in [0.29, 0.717) is 0 Å². The highest BCUT2D eigenvalue weighted by Crippen LogP contribution is 2.53. The summed E-state index contributed by atoms with van der Waals surface area (Å²) in [6.45, 7) is 7.03. The summed E-state index contributed by atoms with van der Waals surface area (Å²) in [7, 11) is 0. The Morgan fingerprint density at radius 2 is 0.938 bits per heavy atom. The number of hydrogen-bond donors (Lipinski definition) is 0. The lowest BCUT2D eigenvalue weighted by Gasteiger charge is -2.23. The van der Waals surface area contributed by atoms with Gasteiger partial charge in [0, 0.05) is 5.41 Å². The molecule has 0 atom stereocenters. The molecule has 7 rings (SSSR count). The molecule has 0 aliphatic heterocycles. The van der Waals surface area contributed by atoms with Crippen molar-refractivity contribution in [1.29, 1.82) is 0 Å². The average Bonchev–Trinajstić information content (AvgIpc) is 3.05. The first kappa shape index (κ1) is 18.0. The van der Waals surface area contributed by atoms with Crippen LogP contribution in [0.1, 0.15) is 30.5 Å². The van der Waals surface area contributed by atoms with E-state index in [4.69, 9.17) is 0 Å². The zero-order valence-electron chi connectivity index (χ0n) is 18.7. The molecule has 0 heterocycles. The van der Waals surface area contributed by atoms with Gasteiger partial charge in [-0.05, 0) is 90.0 Å². The first-order valence-electron chi connectivity index (χ1n) is 11.5. The maximum Gasteiger partial charge on any atom is 0.0159 e. The van der Waals surface area contributed by atoms with Gasteiger partial charge in [-0.1, -0.05) is 92.7 Å². The van der Waals surface area contributed by atoms with Gasteiger partial charge in [0.15, 0.2) is 0 Å². The van der Waals surface area contributed by atoms with Crippen LogP contribution in [0.15, 0.2) is 91.0 Å². The highest BCUT2D eigenvalue weighted by molar-refractivity contribution is 6.26. The van der Waals surface area contributed by atoms with Crippen molar-refractivity contribution in [2.45, 2.75) is 26.2 Å². The van der Waals surface area contributed by atoms with Gasteiger partial charge < -0.3 is 0 Å². The molecule has 0 amide bonds. The lowest BCUT2D eigenvalue weighted by molar-refractivity contribution is 0.661. The van der Waals surface area contributed by atoms with Crippen molar-refractivity contribution in [3.05, 3.63) is 108 Å². The molecule has 6 aromatic carbocycles. The Morgan fingerprint density at radius 1 is 0.469 bits per heavy atom. The molecular weight excluding hydrogens is 384 g/mol. The third-order valence-corrected chi connectivity index (χ3v) is 7.75. The molecule has 0 saturated carbocycles. The smallest absolute Gasteiger partial charge is 0.0159 e. The highest BCUT2D eigenvalue weighted by atomic mass is 14.4. The van der Waals surface area contributed by atoms with Crippen LogP contribution < -0.4 is 0 Å². The second kappa shape index (κ2) is 5.99. The van der Waals surface area contributed by atoms with E-state index in [2.05, 4.69) is 112 Å². The topological polar surface area (TPSA) is 0 Å². The fourth-order valence-electron chi connectivity index (χ4n) is 6.16. The van der Waals surface area contributed by atoms with Gasteiger partial charge in [-0.2, -0.15) is 0 Å². The maximum absolute atomic E-state index is 2.49. The average molecular weight is 409 g/mol. The van der Waals surface area contributed by atoms with Gasteiger partial charge in [0.25, 0.3) is 0 Å². The Balaban J connectivity index is 1.73. The lowest BCUT2D eigenvalue weighted by Crippen LogP contribution is -2.15. The molecule has 0 heteroatoms. The molecule has 0 aromatic heterocycles. The fraction of sp³-hybridized carbons (Fsp3) is 0.125. The van der Waals surface area contributed by atoms with Crippen molar-refractivity contribution in [3.8, 4) is 11.1 Å². The quantitative estimate of drug-likeness (QED) is 0.220. The minimum absolute atomic E-state index is 0.0274. The zero-order valence-corrected chi connectivity index (χ0v) is 18.7. The maximum atomic E-state index is 2.49. The first-order valence-corrected chi connectivity index (χ1v) is 11.5. The first-order chi connectivity index (χ1) is 15.6. The lowest BCUT2D eigenvalue weighted by atomic mass is 9.80. The summed E-state index contributed by atoms with van der Waals surface area (Å²) in [5, 5.41) is 10.8. The van der Waals surface area contributed by atoms with Crippen LogP contribution in [-0.2, 0) is 5.41 Å². The van der Waals surface area contributed by atoms with Gasteiger partial charge >= 0.3 is 0 Å². The number of rotatable bonds is 0. The van der Waals surface area contributed by atoms with Gasteiger partial charge in [0.2, 0.25) is 0 Å². The van der Waals surface area contributed by atoms with Crippen LogP contribution >= 0.6 is 0 Å². The van der Waals surface area contributed by atoms with Gasteiger partial charge in [-0.25, -0.2) is 0 Å². The van der Waals surface area contributed by atoms with E-state index >= 15 is 0 Å². The third kappa shape index (κ3) is 2.12. The van der Waals surface area contributed by atoms with Crippen LogP contribution in [0.2, 0.25) is 0 Å². The molecule has 6 aromatic rings. The number of fused-ring (bicyclic) bond motifs is 11. The van der Waals surface area contributed by atoms with E-state index in [-0.39, 0.29) is 5.41 Å². The molecule has 0 N–H and O–H groups in total. The molecule has 1 aliphatic rings. The van der Waals surface area contributed by atoms with Crippen LogP contribution in [-0.4, -0.2) is 0 Å². The summed E-state index contributed by atoms with van der Waals surface area (Å²) in [6.07, 6.45) is 0. The van der Waals surface area contributed by atoms with Gasteiger partial charge in [0.05, 0.1) is 0 Å². The highest BCUT2D eigenvalue weighted by Gasteiger charge is 2.37. The molecule has 152 valence electrons. The molecule has 0 unspecified atom stereocenters. The number of aryl methyl sites for hydroxylation is 1. The molecule has 1 aliphatic carbocycles. The molecule has 0 radical (unpaired) electrons. The summed E-state index contributed by atoms with van der Waals surface area (Å²) in [5.74, 6) is 0. The predicted molar refractivity (Wildman–Crippen MR) is 139 cm³/mol. The van der Waals surface area contributed by atoms with E-state index in [9.17, 15) is 0 Å². The Bertz CT molecular complexity index is 1750. The van der Waals surface area contributed by atoms with E-state index in [0.717, 1.165) is 0 Å². The Morgan fingerprint density at radius 3 is 1.53 bits per heavy atom. The van der Waals surface area contributed by atoms with E-state index in [1.807, 2.05) is 0 Å². The number of hydrogen-bond acceptors (Lipinski definition) is 0. The SMILES string of the molecule is Cc1cc2c(c3ccccc13)-c1cc3c4ccccc4c4ccccc4c3cc1C2(C)C. The summed E-state index contributed by atoms with van der Waals surface area (Å²) < 4.78 is 0. The largest absolute Gasteiger partial charge is 0.0616 e. The van der Waals surface area contributed by atoms with Gasteiger partial charge in [0.1, 0.15) is 0 Å². The normalized spacial score (nSPS) is 14.3. The zero-order chi connectivity index (χ0) is 21.6. The van der Waals surface area contributed by atoms with Crippen LogP contribution in [0.4, 0.5) is 0 Å². The Hall–Kier alpha value is -3.64. The second-order valence-corrected chi connectivity index (χ2v) is 9.82. The van der Waals surface area contributed by atoms with Gasteiger partial charge in [-0.15, -0.1) is 0 Å². The molecule has 32 heavy (non-hydrogen) atoms. The minimum Gasteiger partial charge on any atom is -0.0616 e. The summed E-state index contributed by atoms with van der Waals surface area (Å²) >= 11 is 0. The summed E-state index contributed by atoms with van der Waals surface area (Å²) in [6, 6.07) is 34.0. The van der Waals surface area contributed by atoms with Crippen molar-refractivity contribution in [2.75, 3.05) is 0 Å². The van der Waals surface area contributed by atoms with Crippen LogP contribution in [0.3, 0.4) is 0 Å². The molecule has 0 nitrogen and oxygen atoms in total. The summed E-state index contributed by atoms with van der Waals surface area (Å²) in [4.78, 5) is 0. The van der Waals surface area contributed by atoms with Crippen molar-refractivity contribution < 1.29 is 0 Å². The van der Waals surface area contributed by atoms with Crippen LogP contribution in [0.5, 0.6) is 0 Å². The van der Waals surface area contributed by atoms with Gasteiger partial charge in [-0.3, -0.25) is 0 Å². The Kier molecular flexibility index (Phi) is 3.36. The van der Waals surface area contributed by atoms with E-state index in [1.54, 1.807) is 0 Å². The van der Waals surface area contributed by atoms with Crippen LogP contribution in [0, 0.1) is 6.92 Å². The monoisotopic (exact) mass is 408 g/mol. The second-order valence-electron chi connectivity index (χ2n) is 9.82. The van der Waals surface area contributed by atoms with Crippen molar-refractivity contribution in [3.63, 3.8) is 0 Å². The molecule has 0 bridgehead atoms. The standard InChI is InChI=1S/C32H24/c1-19-16-30-31(25-15-9-4-10-20(19)25)28-17-26-23-13-7-5-11-21(23)22-12-6-8-14-24(22)27(26)18-29(28)32(30,2)3/h4-18H,1-3H3. The minimum atomic E-state index is -0.0274. The molecule has 0 saturated heterocycles. The summed E-state index contributed by atoms with van der Waals surface area (Å²) in [5.41, 5.74) is 7.05. The van der Waals surface area contributed by atoms with E-state index < -0.39 is 0 Å².